The van der Waals surface area contributed by atoms with Crippen LogP contribution in [0.15, 0.2) is 4.99 Å². The third kappa shape index (κ3) is 8.55. The minimum absolute atomic E-state index is 0.354. The molecule has 1 rings (SSSR count). The van der Waals surface area contributed by atoms with E-state index in [2.05, 4.69) is 39.1 Å². The molecule has 0 atom stereocenters. The lowest BCUT2D eigenvalue weighted by molar-refractivity contribution is 0.187. The van der Waals surface area contributed by atoms with E-state index in [1.807, 2.05) is 0 Å². The van der Waals surface area contributed by atoms with Crippen molar-refractivity contribution in [2.75, 3.05) is 46.0 Å². The van der Waals surface area contributed by atoms with Crippen molar-refractivity contribution in [3.05, 3.63) is 0 Å². The van der Waals surface area contributed by atoms with Crippen molar-refractivity contribution in [1.29, 1.82) is 0 Å². The zero-order chi connectivity index (χ0) is 16.6. The number of sulfonamides is 1. The fraction of sp³-hybridized carbons (Fsp3) is 0.929. The standard InChI is InChI=1S/C14H31N5O2S/c1-12(2)11-19-9-5-13(6-10-19)18-14(15-3)16-7-8-17-22(4,20)21/h12-13,17H,5-11H2,1-4H3,(H2,15,16,18). The third-order valence-electron chi connectivity index (χ3n) is 3.56. The monoisotopic (exact) mass is 333 g/mol. The van der Waals surface area contributed by atoms with Crippen LogP contribution < -0.4 is 15.4 Å². The molecule has 1 saturated heterocycles. The summed E-state index contributed by atoms with van der Waals surface area (Å²) in [6.07, 6.45) is 3.37. The van der Waals surface area contributed by atoms with Gasteiger partial charge in [0, 0.05) is 45.8 Å². The molecule has 8 heteroatoms. The largest absolute Gasteiger partial charge is 0.355 e. The topological polar surface area (TPSA) is 85.8 Å². The first kappa shape index (κ1) is 19.2. The lowest BCUT2D eigenvalue weighted by Crippen LogP contribution is -2.50. The number of aliphatic imine (C=N–C) groups is 1. The fourth-order valence-corrected chi connectivity index (χ4v) is 3.05. The summed E-state index contributed by atoms with van der Waals surface area (Å²) in [5.74, 6) is 1.44. The molecule has 0 aromatic carbocycles. The Morgan fingerprint density at radius 1 is 1.27 bits per heavy atom. The van der Waals surface area contributed by atoms with Crippen molar-refractivity contribution in [1.82, 2.24) is 20.3 Å². The van der Waals surface area contributed by atoms with Crippen LogP contribution >= 0.6 is 0 Å². The highest BCUT2D eigenvalue weighted by Crippen LogP contribution is 2.11. The molecule has 0 aromatic heterocycles. The summed E-state index contributed by atoms with van der Waals surface area (Å²) in [6, 6.07) is 0.428. The van der Waals surface area contributed by atoms with Gasteiger partial charge in [-0.1, -0.05) is 13.8 Å². The molecule has 0 radical (unpaired) electrons. The highest BCUT2D eigenvalue weighted by Gasteiger charge is 2.20. The molecule has 1 heterocycles. The molecule has 130 valence electrons. The smallest absolute Gasteiger partial charge is 0.208 e. The van der Waals surface area contributed by atoms with Gasteiger partial charge < -0.3 is 15.5 Å². The SMILES string of the molecule is CN=C(NCCNS(C)(=O)=O)NC1CCN(CC(C)C)CC1. The molecule has 0 unspecified atom stereocenters. The molecule has 1 aliphatic rings. The molecule has 0 bridgehead atoms. The van der Waals surface area contributed by atoms with Gasteiger partial charge in [-0.3, -0.25) is 4.99 Å². The van der Waals surface area contributed by atoms with Crippen molar-refractivity contribution >= 4 is 16.0 Å². The van der Waals surface area contributed by atoms with E-state index in [0.717, 1.165) is 44.7 Å². The van der Waals surface area contributed by atoms with Crippen LogP contribution in [0.4, 0.5) is 0 Å². The molecule has 22 heavy (non-hydrogen) atoms. The van der Waals surface area contributed by atoms with Crippen LogP contribution in [0, 0.1) is 5.92 Å². The van der Waals surface area contributed by atoms with Crippen LogP contribution in [0.1, 0.15) is 26.7 Å². The quantitative estimate of drug-likeness (QED) is 0.342. The summed E-state index contributed by atoms with van der Waals surface area (Å²) in [6.45, 7) is 8.76. The maximum atomic E-state index is 11.0. The first-order chi connectivity index (χ1) is 10.3. The molecule has 3 N–H and O–H groups in total. The molecule has 0 aliphatic carbocycles. The van der Waals surface area contributed by atoms with Crippen molar-refractivity contribution in [3.8, 4) is 0 Å². The second-order valence-corrected chi connectivity index (χ2v) is 8.11. The third-order valence-corrected chi connectivity index (χ3v) is 4.29. The molecule has 1 fully saturated rings. The Morgan fingerprint density at radius 2 is 1.91 bits per heavy atom. The Labute approximate surface area is 135 Å². The van der Waals surface area contributed by atoms with Gasteiger partial charge in [0.1, 0.15) is 0 Å². The van der Waals surface area contributed by atoms with Crippen LogP contribution in [0.3, 0.4) is 0 Å². The van der Waals surface area contributed by atoms with Crippen molar-refractivity contribution < 1.29 is 8.42 Å². The van der Waals surface area contributed by atoms with E-state index in [4.69, 9.17) is 0 Å². The van der Waals surface area contributed by atoms with Crippen molar-refractivity contribution in [3.63, 3.8) is 0 Å². The second kappa shape index (κ2) is 9.32. The van der Waals surface area contributed by atoms with Gasteiger partial charge in [0.15, 0.2) is 5.96 Å². The van der Waals surface area contributed by atoms with E-state index in [1.54, 1.807) is 7.05 Å². The van der Waals surface area contributed by atoms with Gasteiger partial charge >= 0.3 is 0 Å². The zero-order valence-corrected chi connectivity index (χ0v) is 15.0. The molecule has 7 nitrogen and oxygen atoms in total. The Balaban J connectivity index is 2.24. The van der Waals surface area contributed by atoms with E-state index >= 15 is 0 Å². The number of hydrogen-bond acceptors (Lipinski definition) is 4. The average molecular weight is 334 g/mol. The molecule has 0 aromatic rings. The van der Waals surface area contributed by atoms with Gasteiger partial charge in [-0.15, -0.1) is 0 Å². The summed E-state index contributed by atoms with van der Waals surface area (Å²) in [7, 11) is -1.40. The van der Waals surface area contributed by atoms with Crippen molar-refractivity contribution in [2.24, 2.45) is 10.9 Å². The fourth-order valence-electron chi connectivity index (χ4n) is 2.58. The lowest BCUT2D eigenvalue weighted by atomic mass is 10.0. The van der Waals surface area contributed by atoms with E-state index in [0.29, 0.717) is 25.0 Å². The van der Waals surface area contributed by atoms with Crippen LogP contribution in [0.5, 0.6) is 0 Å². The number of nitrogens with zero attached hydrogens (tertiary/aromatic N) is 2. The minimum Gasteiger partial charge on any atom is -0.355 e. The summed E-state index contributed by atoms with van der Waals surface area (Å²) in [4.78, 5) is 6.70. The zero-order valence-electron chi connectivity index (χ0n) is 14.2. The van der Waals surface area contributed by atoms with Gasteiger partial charge in [-0.2, -0.15) is 0 Å². The number of likely N-dealkylation sites (tertiary alicyclic amines) is 1. The normalized spacial score (nSPS) is 18.7. The van der Waals surface area contributed by atoms with Gasteiger partial charge in [0.25, 0.3) is 0 Å². The Kier molecular flexibility index (Phi) is 8.13. The number of guanidine groups is 1. The Bertz CT molecular complexity index is 442. The maximum absolute atomic E-state index is 11.0. The van der Waals surface area contributed by atoms with Gasteiger partial charge in [0.2, 0.25) is 10.0 Å². The Hall–Kier alpha value is -0.860. The summed E-state index contributed by atoms with van der Waals surface area (Å²) < 4.78 is 24.4. The number of rotatable bonds is 7. The highest BCUT2D eigenvalue weighted by molar-refractivity contribution is 7.88. The van der Waals surface area contributed by atoms with Crippen LogP contribution in [0.25, 0.3) is 0 Å². The van der Waals surface area contributed by atoms with E-state index in [1.165, 1.54) is 0 Å². The predicted octanol–water partition coefficient (Wildman–Crippen LogP) is -0.179. The summed E-state index contributed by atoms with van der Waals surface area (Å²) in [5.41, 5.74) is 0. The van der Waals surface area contributed by atoms with Crippen LogP contribution in [-0.4, -0.2) is 71.3 Å². The molecule has 0 spiro atoms. The van der Waals surface area contributed by atoms with E-state index in [9.17, 15) is 8.42 Å². The van der Waals surface area contributed by atoms with Gasteiger partial charge in [0.05, 0.1) is 6.26 Å². The maximum Gasteiger partial charge on any atom is 0.208 e. The molecule has 0 saturated carbocycles. The molecular formula is C14H31N5O2S. The van der Waals surface area contributed by atoms with E-state index < -0.39 is 10.0 Å². The predicted molar refractivity (Wildman–Crippen MR) is 91.6 cm³/mol. The average Bonchev–Trinajstić information content (AvgIpc) is 2.42. The number of hydrogen-bond donors (Lipinski definition) is 3. The first-order valence-corrected chi connectivity index (χ1v) is 9.83. The highest BCUT2D eigenvalue weighted by atomic mass is 32.2. The van der Waals surface area contributed by atoms with Crippen LogP contribution in [-0.2, 0) is 10.0 Å². The summed E-state index contributed by atoms with van der Waals surface area (Å²) in [5, 5.41) is 6.54. The van der Waals surface area contributed by atoms with Gasteiger partial charge in [-0.25, -0.2) is 13.1 Å². The van der Waals surface area contributed by atoms with E-state index in [-0.39, 0.29) is 0 Å². The molecular weight excluding hydrogens is 302 g/mol. The molecule has 0 amide bonds. The lowest BCUT2D eigenvalue weighted by Gasteiger charge is -2.33. The van der Waals surface area contributed by atoms with Crippen LogP contribution in [0.2, 0.25) is 0 Å². The number of nitrogens with one attached hydrogen (secondary N) is 3. The molecule has 1 aliphatic heterocycles. The van der Waals surface area contributed by atoms with Crippen molar-refractivity contribution in [2.45, 2.75) is 32.7 Å². The minimum atomic E-state index is -3.13. The first-order valence-electron chi connectivity index (χ1n) is 7.94. The number of piperidine rings is 1. The Morgan fingerprint density at radius 3 is 2.41 bits per heavy atom. The van der Waals surface area contributed by atoms with Gasteiger partial charge in [-0.05, 0) is 18.8 Å². The summed E-state index contributed by atoms with van der Waals surface area (Å²) >= 11 is 0. The second-order valence-electron chi connectivity index (χ2n) is 6.28.